The van der Waals surface area contributed by atoms with E-state index in [-0.39, 0.29) is 11.5 Å². The molecule has 4 nitrogen and oxygen atoms in total. The first-order valence-electron chi connectivity index (χ1n) is 5.45. The van der Waals surface area contributed by atoms with Gasteiger partial charge in [-0.3, -0.25) is 0 Å². The molecule has 0 amide bonds. The van der Waals surface area contributed by atoms with Crippen molar-refractivity contribution in [2.75, 3.05) is 6.54 Å². The smallest absolute Gasteiger partial charge is 0.158 e. The molecule has 0 saturated carbocycles. The van der Waals surface area contributed by atoms with E-state index in [1.165, 1.54) is 10.9 Å². The van der Waals surface area contributed by atoms with E-state index >= 15 is 0 Å². The highest BCUT2D eigenvalue weighted by atomic mass is 32.1. The van der Waals surface area contributed by atoms with Gasteiger partial charge in [0.1, 0.15) is 5.01 Å². The van der Waals surface area contributed by atoms with E-state index in [2.05, 4.69) is 10.3 Å². The van der Waals surface area contributed by atoms with Gasteiger partial charge in [-0.15, -0.1) is 11.3 Å². The normalized spacial score (nSPS) is 14.6. The highest BCUT2D eigenvalue weighted by molar-refractivity contribution is 7.15. The number of benzene rings is 1. The van der Waals surface area contributed by atoms with Crippen molar-refractivity contribution in [1.82, 2.24) is 10.3 Å². The zero-order valence-corrected chi connectivity index (χ0v) is 9.92. The number of hydrogen-bond acceptors (Lipinski definition) is 5. The van der Waals surface area contributed by atoms with Crippen LogP contribution in [0.3, 0.4) is 0 Å². The lowest BCUT2D eigenvalue weighted by atomic mass is 10.2. The van der Waals surface area contributed by atoms with Crippen LogP contribution in [0, 0.1) is 0 Å². The van der Waals surface area contributed by atoms with Crippen LogP contribution in [0.1, 0.15) is 10.6 Å². The molecule has 0 spiro atoms. The Kier molecular flexibility index (Phi) is 2.49. The van der Waals surface area contributed by atoms with E-state index in [0.29, 0.717) is 0 Å². The number of aromatic nitrogens is 1. The third kappa shape index (κ3) is 1.87. The minimum atomic E-state index is -0.103. The van der Waals surface area contributed by atoms with Crippen molar-refractivity contribution in [3.63, 3.8) is 0 Å². The van der Waals surface area contributed by atoms with Crippen LogP contribution in [0.4, 0.5) is 0 Å². The van der Waals surface area contributed by atoms with Gasteiger partial charge in [-0.1, -0.05) is 0 Å². The van der Waals surface area contributed by atoms with Crippen LogP contribution in [0.2, 0.25) is 0 Å². The van der Waals surface area contributed by atoms with E-state index in [1.54, 1.807) is 23.5 Å². The summed E-state index contributed by atoms with van der Waals surface area (Å²) in [5, 5.41) is 23.0. The number of fused-ring (bicyclic) bond motifs is 1. The number of phenols is 2. The molecule has 0 bridgehead atoms. The summed E-state index contributed by atoms with van der Waals surface area (Å²) < 4.78 is 0. The van der Waals surface area contributed by atoms with Crippen LogP contribution in [-0.2, 0) is 13.0 Å². The van der Waals surface area contributed by atoms with Crippen LogP contribution < -0.4 is 5.32 Å². The SMILES string of the molecule is Oc1ccc(-c2nc3c(s2)CNCC3)cc1O. The van der Waals surface area contributed by atoms with E-state index in [1.807, 2.05) is 0 Å². The zero-order chi connectivity index (χ0) is 11.8. The van der Waals surface area contributed by atoms with Gasteiger partial charge in [-0.2, -0.15) is 0 Å². The molecule has 1 aromatic heterocycles. The predicted molar refractivity (Wildman–Crippen MR) is 66.3 cm³/mol. The Bertz CT molecular complexity index is 542. The van der Waals surface area contributed by atoms with Gasteiger partial charge in [-0.05, 0) is 18.2 Å². The van der Waals surface area contributed by atoms with Gasteiger partial charge in [-0.25, -0.2) is 4.98 Å². The average Bonchev–Trinajstić information content (AvgIpc) is 2.76. The second kappa shape index (κ2) is 4.01. The van der Waals surface area contributed by atoms with Gasteiger partial charge in [0.2, 0.25) is 0 Å². The maximum atomic E-state index is 9.48. The number of aromatic hydroxyl groups is 2. The molecule has 1 aliphatic heterocycles. The van der Waals surface area contributed by atoms with Crippen molar-refractivity contribution < 1.29 is 10.2 Å². The molecule has 1 aliphatic rings. The number of phenolic OH excluding ortho intramolecular Hbond substituents is 2. The number of thiazole rings is 1. The summed E-state index contributed by atoms with van der Waals surface area (Å²) in [7, 11) is 0. The van der Waals surface area contributed by atoms with Crippen LogP contribution in [0.25, 0.3) is 10.6 Å². The van der Waals surface area contributed by atoms with Crippen molar-refractivity contribution in [3.8, 4) is 22.1 Å². The van der Waals surface area contributed by atoms with Gasteiger partial charge < -0.3 is 15.5 Å². The Labute approximate surface area is 103 Å². The molecule has 0 aliphatic carbocycles. The fraction of sp³-hybridized carbons (Fsp3) is 0.250. The summed E-state index contributed by atoms with van der Waals surface area (Å²) in [5.74, 6) is -0.203. The largest absolute Gasteiger partial charge is 0.504 e. The third-order valence-electron chi connectivity index (χ3n) is 2.82. The minimum absolute atomic E-state index is 0.100. The summed E-state index contributed by atoms with van der Waals surface area (Å²) in [5.41, 5.74) is 2.00. The Morgan fingerprint density at radius 1 is 1.24 bits per heavy atom. The third-order valence-corrected chi connectivity index (χ3v) is 3.97. The van der Waals surface area contributed by atoms with E-state index in [9.17, 15) is 10.2 Å². The van der Waals surface area contributed by atoms with Gasteiger partial charge in [0, 0.05) is 30.0 Å². The topological polar surface area (TPSA) is 65.4 Å². The van der Waals surface area contributed by atoms with Crippen molar-refractivity contribution in [3.05, 3.63) is 28.8 Å². The molecule has 1 aromatic carbocycles. The molecule has 5 heteroatoms. The number of hydrogen-bond donors (Lipinski definition) is 3. The van der Waals surface area contributed by atoms with Gasteiger partial charge >= 0.3 is 0 Å². The molecule has 88 valence electrons. The highest BCUT2D eigenvalue weighted by Crippen LogP contribution is 2.34. The second-order valence-corrected chi connectivity index (χ2v) is 5.10. The summed E-state index contributed by atoms with van der Waals surface area (Å²) in [6.45, 7) is 1.84. The second-order valence-electron chi connectivity index (χ2n) is 4.02. The van der Waals surface area contributed by atoms with Crippen molar-refractivity contribution in [2.24, 2.45) is 0 Å². The lowest BCUT2D eigenvalue weighted by Crippen LogP contribution is -2.22. The Balaban J connectivity index is 2.03. The lowest BCUT2D eigenvalue weighted by Gasteiger charge is -2.09. The van der Waals surface area contributed by atoms with Crippen molar-refractivity contribution in [2.45, 2.75) is 13.0 Å². The average molecular weight is 248 g/mol. The Hall–Kier alpha value is -1.59. The highest BCUT2D eigenvalue weighted by Gasteiger charge is 2.16. The molecule has 0 fully saturated rings. The van der Waals surface area contributed by atoms with Gasteiger partial charge in [0.05, 0.1) is 5.69 Å². The molecule has 17 heavy (non-hydrogen) atoms. The molecule has 0 unspecified atom stereocenters. The van der Waals surface area contributed by atoms with Crippen LogP contribution in [0.15, 0.2) is 18.2 Å². The predicted octanol–water partition coefficient (Wildman–Crippen LogP) is 1.87. The quantitative estimate of drug-likeness (QED) is 0.674. The molecule has 2 heterocycles. The van der Waals surface area contributed by atoms with Crippen LogP contribution >= 0.6 is 11.3 Å². The van der Waals surface area contributed by atoms with E-state index < -0.39 is 0 Å². The van der Waals surface area contributed by atoms with Gasteiger partial charge in [0.25, 0.3) is 0 Å². The summed E-state index contributed by atoms with van der Waals surface area (Å²) >= 11 is 1.64. The van der Waals surface area contributed by atoms with Crippen molar-refractivity contribution >= 4 is 11.3 Å². The summed E-state index contributed by atoms with van der Waals surface area (Å²) in [4.78, 5) is 5.84. The summed E-state index contributed by atoms with van der Waals surface area (Å²) in [6, 6.07) is 4.81. The lowest BCUT2D eigenvalue weighted by molar-refractivity contribution is 0.404. The maximum Gasteiger partial charge on any atom is 0.158 e. The standard InChI is InChI=1S/C12H12N2O2S/c15-9-2-1-7(5-10(9)16)12-14-8-3-4-13-6-11(8)17-12/h1-2,5,13,15-16H,3-4,6H2. The first-order chi connectivity index (χ1) is 8.24. The molecule has 2 aromatic rings. The number of rotatable bonds is 1. The first kappa shape index (κ1) is 10.6. The minimum Gasteiger partial charge on any atom is -0.504 e. The fourth-order valence-corrected chi connectivity index (χ4v) is 2.98. The monoisotopic (exact) mass is 248 g/mol. The molecule has 0 saturated heterocycles. The molecule has 3 rings (SSSR count). The zero-order valence-electron chi connectivity index (χ0n) is 9.10. The molecule has 3 N–H and O–H groups in total. The maximum absolute atomic E-state index is 9.48. The molecular weight excluding hydrogens is 236 g/mol. The van der Waals surface area contributed by atoms with Gasteiger partial charge in [0.15, 0.2) is 11.5 Å². The number of nitrogens with zero attached hydrogens (tertiary/aromatic N) is 1. The first-order valence-corrected chi connectivity index (χ1v) is 6.27. The Morgan fingerprint density at radius 3 is 2.88 bits per heavy atom. The molecule has 0 atom stereocenters. The van der Waals surface area contributed by atoms with E-state index in [4.69, 9.17) is 0 Å². The molecule has 0 radical (unpaired) electrons. The fourth-order valence-electron chi connectivity index (χ4n) is 1.91. The van der Waals surface area contributed by atoms with E-state index in [0.717, 1.165) is 35.8 Å². The van der Waals surface area contributed by atoms with Crippen LogP contribution in [0.5, 0.6) is 11.5 Å². The Morgan fingerprint density at radius 2 is 2.12 bits per heavy atom. The van der Waals surface area contributed by atoms with Crippen molar-refractivity contribution in [1.29, 1.82) is 0 Å². The molecular formula is C12H12N2O2S. The number of nitrogens with one attached hydrogen (secondary N) is 1. The summed E-state index contributed by atoms with van der Waals surface area (Å²) in [6.07, 6.45) is 0.954. The van der Waals surface area contributed by atoms with Crippen LogP contribution in [-0.4, -0.2) is 21.7 Å².